The van der Waals surface area contributed by atoms with Gasteiger partial charge < -0.3 is 49.7 Å². The van der Waals surface area contributed by atoms with Crippen molar-refractivity contribution in [3.8, 4) is 0 Å². The Morgan fingerprint density at radius 1 is 0.543 bits per heavy atom. The Morgan fingerprint density at radius 2 is 1.07 bits per heavy atom. The first-order valence-corrected chi connectivity index (χ1v) is 27.6. The molecule has 0 aromatic carbocycles. The number of phosphoric ester groups is 2. The number of carbonyl (C=O) groups excluding carboxylic acids is 2. The first kappa shape index (κ1) is 64.6. The van der Waals surface area contributed by atoms with Crippen molar-refractivity contribution < 1.29 is 82.0 Å². The predicted molar refractivity (Wildman–Crippen MR) is 270 cm³/mol. The van der Waals surface area contributed by atoms with Gasteiger partial charge in [0.15, 0.2) is 6.10 Å². The van der Waals surface area contributed by atoms with Crippen molar-refractivity contribution in [1.82, 2.24) is 0 Å². The van der Waals surface area contributed by atoms with E-state index in [9.17, 15) is 58.9 Å². The molecule has 398 valence electrons. The van der Waals surface area contributed by atoms with Gasteiger partial charge in [-0.2, -0.15) is 0 Å². The Bertz CT molecular complexity index is 1780. The van der Waals surface area contributed by atoms with Gasteiger partial charge >= 0.3 is 27.6 Å². The number of ether oxygens (including phenoxy) is 2. The monoisotopic (exact) mass is 1030 g/mol. The third kappa shape index (κ3) is 34.1. The molecule has 1 aliphatic rings. The van der Waals surface area contributed by atoms with Crippen LogP contribution in [0.5, 0.6) is 0 Å². The molecule has 8 N–H and O–H groups in total. The van der Waals surface area contributed by atoms with Gasteiger partial charge in [0.2, 0.25) is 0 Å². The van der Waals surface area contributed by atoms with Crippen molar-refractivity contribution >= 4 is 27.6 Å². The zero-order chi connectivity index (χ0) is 51.9. The molecule has 17 nitrogen and oxygen atoms in total. The molecule has 1 saturated carbocycles. The van der Waals surface area contributed by atoms with E-state index in [1.165, 1.54) is 19.3 Å². The lowest BCUT2D eigenvalue weighted by atomic mass is 9.85. The average Bonchev–Trinajstić information content (AvgIpc) is 3.31. The molecule has 19 heteroatoms. The third-order valence-corrected chi connectivity index (χ3v) is 11.9. The number of rotatable bonds is 39. The van der Waals surface area contributed by atoms with Crippen LogP contribution in [0.3, 0.4) is 0 Å². The summed E-state index contributed by atoms with van der Waals surface area (Å²) in [5, 5.41) is 51.1. The van der Waals surface area contributed by atoms with Crippen LogP contribution < -0.4 is 0 Å². The van der Waals surface area contributed by atoms with E-state index in [0.717, 1.165) is 64.2 Å². The Balaban J connectivity index is 2.67. The first-order valence-electron chi connectivity index (χ1n) is 24.5. The molecule has 0 radical (unpaired) electrons. The second kappa shape index (κ2) is 40.1. The number of unbranched alkanes of at least 4 members (excludes halogenated alkanes) is 7. The zero-order valence-electron chi connectivity index (χ0n) is 41.0. The smallest absolute Gasteiger partial charge is 0.462 e. The van der Waals surface area contributed by atoms with Crippen LogP contribution in [-0.4, -0.2) is 114 Å². The summed E-state index contributed by atoms with van der Waals surface area (Å²) >= 11 is 0. The molecule has 6 unspecified atom stereocenters. The molecule has 1 rings (SSSR count). The molecule has 0 amide bonds. The number of carbonyl (C=O) groups is 2. The summed E-state index contributed by atoms with van der Waals surface area (Å²) in [6.45, 7) is 2.79. The van der Waals surface area contributed by atoms with E-state index in [0.29, 0.717) is 19.3 Å². The molecule has 0 aromatic rings. The number of allylic oxidation sites excluding steroid dienone is 16. The molecule has 9 atom stereocenters. The molecule has 1 aliphatic carbocycles. The Hall–Kier alpha value is -3.38. The summed E-state index contributed by atoms with van der Waals surface area (Å²) in [7, 11) is -10.7. The van der Waals surface area contributed by atoms with Crippen LogP contribution >= 0.6 is 15.6 Å². The maximum atomic E-state index is 13.0. The highest BCUT2D eigenvalue weighted by atomic mass is 31.2. The predicted octanol–water partition coefficient (Wildman–Crippen LogP) is 8.70. The van der Waals surface area contributed by atoms with Gasteiger partial charge in [-0.05, 0) is 83.5 Å². The van der Waals surface area contributed by atoms with Crippen LogP contribution in [0.2, 0.25) is 0 Å². The van der Waals surface area contributed by atoms with Gasteiger partial charge in [-0.25, -0.2) is 9.13 Å². The molecule has 0 aliphatic heterocycles. The summed E-state index contributed by atoms with van der Waals surface area (Å²) < 4.78 is 49.3. The van der Waals surface area contributed by atoms with Crippen molar-refractivity contribution in [3.63, 3.8) is 0 Å². The topological polar surface area (TPSA) is 276 Å². The van der Waals surface area contributed by atoms with Gasteiger partial charge in [0, 0.05) is 12.8 Å². The number of esters is 2. The van der Waals surface area contributed by atoms with Crippen LogP contribution in [0.1, 0.15) is 136 Å². The van der Waals surface area contributed by atoms with E-state index in [-0.39, 0.29) is 19.3 Å². The molecule has 0 bridgehead atoms. The van der Waals surface area contributed by atoms with Gasteiger partial charge in [-0.1, -0.05) is 149 Å². The lowest BCUT2D eigenvalue weighted by molar-refractivity contribution is -0.216. The van der Waals surface area contributed by atoms with E-state index in [4.69, 9.17) is 18.5 Å². The fourth-order valence-electron chi connectivity index (χ4n) is 6.61. The lowest BCUT2D eigenvalue weighted by Gasteiger charge is -2.43. The van der Waals surface area contributed by atoms with E-state index in [2.05, 4.69) is 47.9 Å². The van der Waals surface area contributed by atoms with Gasteiger partial charge in [0.05, 0.1) is 12.7 Å². The second-order valence-corrected chi connectivity index (χ2v) is 19.2. The van der Waals surface area contributed by atoms with Gasteiger partial charge in [0.1, 0.15) is 43.2 Å². The molecule has 0 saturated heterocycles. The van der Waals surface area contributed by atoms with Crippen LogP contribution in [0.15, 0.2) is 109 Å². The van der Waals surface area contributed by atoms with Gasteiger partial charge in [-0.15, -0.1) is 0 Å². The van der Waals surface area contributed by atoms with E-state index < -0.39 is 89.6 Å². The van der Waals surface area contributed by atoms with Crippen molar-refractivity contribution in [2.75, 3.05) is 13.2 Å². The highest BCUT2D eigenvalue weighted by Gasteiger charge is 2.54. The van der Waals surface area contributed by atoms with Gasteiger partial charge in [0.25, 0.3) is 0 Å². The Kier molecular flexibility index (Phi) is 37.1. The molecule has 1 fully saturated rings. The standard InChI is InChI=1S/C51H82O17P2/c1-3-5-7-8-9-10-11-12-13-14-15-18-21-24-27-30-34-38-44(53)64-40-43(41-65-70(62,63)68-51-48(57)46(55)47(56)50(49(51)58)67-69(59,60)61)66-45(54)39-35-31-28-25-22-19-16-17-20-23-26-29-33-37-42(52)36-32-6-4-2/h6,9-10,12-13,15,17-20,22,26,28-29,31-33,37,42-43,46-52,55-58H,3-5,7-8,11,14,16,21,23-25,27,30,34-36,38-41H2,1-2H3,(H,62,63)(H2,59,60,61)/b10-9-,13-12-,18-15-,20-17-,22-19-,29-26+,31-28-,32-6-,37-33+/t42?,43-,46?,47?,48?,49?,50-,51+/m1/s1. The summed E-state index contributed by atoms with van der Waals surface area (Å²) in [5.41, 5.74) is 0. The normalized spacial score (nSPS) is 22.4. The van der Waals surface area contributed by atoms with Crippen molar-refractivity contribution in [3.05, 3.63) is 109 Å². The number of hydrogen-bond acceptors (Lipinski definition) is 14. The number of aliphatic hydroxyl groups is 5. The zero-order valence-corrected chi connectivity index (χ0v) is 42.8. The summed E-state index contributed by atoms with van der Waals surface area (Å²) in [6.07, 6.45) is 35.2. The molecule has 0 spiro atoms. The lowest BCUT2D eigenvalue weighted by Crippen LogP contribution is -2.64. The van der Waals surface area contributed by atoms with E-state index in [1.807, 2.05) is 67.7 Å². The van der Waals surface area contributed by atoms with E-state index >= 15 is 0 Å². The highest BCUT2D eigenvalue weighted by Crippen LogP contribution is 2.49. The number of aliphatic hydroxyl groups excluding tert-OH is 5. The summed E-state index contributed by atoms with van der Waals surface area (Å²) in [5.74, 6) is -1.36. The SMILES string of the molecule is CC/C=C\CC(O)/C=C/C=C/C/C=C\C/C=C\C/C=C\CCC(=O)O[C@H](COC(=O)CCCCCC/C=C\C/C=C\C/C=C\CCCCC)COP(=O)(O)O[C@H]1C(O)C(O)C(O)[C@@H](OP(=O)(O)O)C1O. The third-order valence-electron chi connectivity index (χ3n) is 10.4. The maximum absolute atomic E-state index is 13.0. The Morgan fingerprint density at radius 3 is 1.64 bits per heavy atom. The first-order chi connectivity index (χ1) is 33.5. The van der Waals surface area contributed by atoms with Crippen LogP contribution in [0.4, 0.5) is 0 Å². The quantitative estimate of drug-likeness (QED) is 0.00940. The van der Waals surface area contributed by atoms with Crippen LogP contribution in [0, 0.1) is 0 Å². The minimum absolute atomic E-state index is 0.0647. The number of hydrogen-bond donors (Lipinski definition) is 8. The maximum Gasteiger partial charge on any atom is 0.472 e. The number of phosphoric acid groups is 2. The molecule has 0 heterocycles. The molecular weight excluding hydrogens is 946 g/mol. The Labute approximate surface area is 415 Å². The largest absolute Gasteiger partial charge is 0.472 e. The average molecular weight is 1030 g/mol. The minimum atomic E-state index is -5.39. The highest BCUT2D eigenvalue weighted by molar-refractivity contribution is 7.47. The van der Waals surface area contributed by atoms with Crippen molar-refractivity contribution in [1.29, 1.82) is 0 Å². The van der Waals surface area contributed by atoms with E-state index in [1.54, 1.807) is 12.2 Å². The second-order valence-electron chi connectivity index (χ2n) is 16.6. The summed E-state index contributed by atoms with van der Waals surface area (Å²) in [6, 6.07) is 0. The molecular formula is C51H82O17P2. The minimum Gasteiger partial charge on any atom is -0.462 e. The fraction of sp³-hybridized carbons (Fsp3) is 0.608. The molecule has 70 heavy (non-hydrogen) atoms. The van der Waals surface area contributed by atoms with Crippen LogP contribution in [-0.2, 0) is 41.8 Å². The van der Waals surface area contributed by atoms with Gasteiger partial charge in [-0.3, -0.25) is 23.2 Å². The fourth-order valence-corrected chi connectivity index (χ4v) is 8.15. The molecule has 0 aromatic heterocycles. The summed E-state index contributed by atoms with van der Waals surface area (Å²) in [4.78, 5) is 54.3. The van der Waals surface area contributed by atoms with Crippen molar-refractivity contribution in [2.24, 2.45) is 0 Å². The van der Waals surface area contributed by atoms with Crippen LogP contribution in [0.25, 0.3) is 0 Å². The van der Waals surface area contributed by atoms with Crippen molar-refractivity contribution in [2.45, 2.75) is 185 Å².